The second kappa shape index (κ2) is 25.0. The lowest BCUT2D eigenvalue weighted by molar-refractivity contribution is 0.251. The Hall–Kier alpha value is -0.300. The van der Waals surface area contributed by atoms with Crippen molar-refractivity contribution in [2.75, 3.05) is 14.1 Å². The van der Waals surface area contributed by atoms with Crippen LogP contribution in [0.1, 0.15) is 155 Å². The molecule has 30 heavy (non-hydrogen) atoms. The van der Waals surface area contributed by atoms with Crippen LogP contribution in [-0.2, 0) is 0 Å². The molecule has 0 aliphatic carbocycles. The van der Waals surface area contributed by atoms with Crippen LogP contribution < -0.4 is 0 Å². The zero-order valence-corrected chi connectivity index (χ0v) is 21.7. The summed E-state index contributed by atoms with van der Waals surface area (Å²) in [6, 6.07) is 0.814. The number of allylic oxidation sites excluding steroid dienone is 2. The molecule has 1 atom stereocenters. The molecular formula is C29H59N. The van der Waals surface area contributed by atoms with Gasteiger partial charge in [0.2, 0.25) is 0 Å². The fourth-order valence-corrected chi connectivity index (χ4v) is 4.45. The Morgan fingerprint density at radius 1 is 0.467 bits per heavy atom. The number of hydrogen-bond acceptors (Lipinski definition) is 1. The molecule has 0 aliphatic heterocycles. The highest BCUT2D eigenvalue weighted by Gasteiger charge is 2.10. The number of rotatable bonds is 24. The summed E-state index contributed by atoms with van der Waals surface area (Å²) < 4.78 is 0. The van der Waals surface area contributed by atoms with Crippen molar-refractivity contribution in [2.45, 2.75) is 161 Å². The zero-order chi connectivity index (χ0) is 22.1. The second-order valence-electron chi connectivity index (χ2n) is 9.90. The lowest BCUT2D eigenvalue weighted by atomic mass is 9.99. The molecule has 0 aromatic rings. The van der Waals surface area contributed by atoms with E-state index >= 15 is 0 Å². The molecule has 0 amide bonds. The van der Waals surface area contributed by atoms with Crippen LogP contribution in [0.2, 0.25) is 0 Å². The average Bonchev–Trinajstić information content (AvgIpc) is 2.74. The summed E-state index contributed by atoms with van der Waals surface area (Å²) in [6.07, 6.45) is 35.9. The maximum Gasteiger partial charge on any atom is 0.00891 e. The molecule has 180 valence electrons. The molecule has 0 rings (SSSR count). The monoisotopic (exact) mass is 421 g/mol. The first-order chi connectivity index (χ1) is 14.7. The molecule has 0 bridgehead atoms. The van der Waals surface area contributed by atoms with Gasteiger partial charge >= 0.3 is 0 Å². The van der Waals surface area contributed by atoms with Crippen LogP contribution in [0.25, 0.3) is 0 Å². The van der Waals surface area contributed by atoms with Gasteiger partial charge in [-0.05, 0) is 52.6 Å². The third-order valence-corrected chi connectivity index (χ3v) is 6.67. The van der Waals surface area contributed by atoms with Crippen molar-refractivity contribution in [2.24, 2.45) is 0 Å². The third kappa shape index (κ3) is 22.4. The van der Waals surface area contributed by atoms with E-state index < -0.39 is 0 Å². The first-order valence-corrected chi connectivity index (χ1v) is 14.0. The van der Waals surface area contributed by atoms with Gasteiger partial charge in [-0.25, -0.2) is 0 Å². The first-order valence-electron chi connectivity index (χ1n) is 14.0. The van der Waals surface area contributed by atoms with Gasteiger partial charge < -0.3 is 4.90 Å². The van der Waals surface area contributed by atoms with E-state index in [-0.39, 0.29) is 0 Å². The zero-order valence-electron chi connectivity index (χ0n) is 21.7. The van der Waals surface area contributed by atoms with E-state index in [1.54, 1.807) is 0 Å². The van der Waals surface area contributed by atoms with Crippen LogP contribution >= 0.6 is 0 Å². The molecule has 0 radical (unpaired) electrons. The lowest BCUT2D eigenvalue weighted by Gasteiger charge is -2.24. The number of nitrogens with zero attached hydrogens (tertiary/aromatic N) is 1. The minimum Gasteiger partial charge on any atom is -0.306 e. The van der Waals surface area contributed by atoms with Gasteiger partial charge in [0.05, 0.1) is 0 Å². The molecule has 1 unspecified atom stereocenters. The topological polar surface area (TPSA) is 3.24 Å². The predicted octanol–water partition coefficient (Wildman–Crippen LogP) is 10.1. The largest absolute Gasteiger partial charge is 0.306 e. The highest BCUT2D eigenvalue weighted by Crippen LogP contribution is 2.17. The van der Waals surface area contributed by atoms with Gasteiger partial charge in [-0.15, -0.1) is 0 Å². The maximum atomic E-state index is 2.48. The summed E-state index contributed by atoms with van der Waals surface area (Å²) in [4.78, 5) is 2.48. The molecule has 0 fully saturated rings. The summed E-state index contributed by atoms with van der Waals surface area (Å²) >= 11 is 0. The quantitative estimate of drug-likeness (QED) is 0.111. The summed E-state index contributed by atoms with van der Waals surface area (Å²) in [5.74, 6) is 0. The van der Waals surface area contributed by atoms with E-state index in [0.717, 1.165) is 6.04 Å². The summed E-state index contributed by atoms with van der Waals surface area (Å²) in [6.45, 7) is 4.59. The van der Waals surface area contributed by atoms with Crippen molar-refractivity contribution in [1.82, 2.24) is 4.90 Å². The third-order valence-electron chi connectivity index (χ3n) is 6.67. The molecule has 0 aromatic carbocycles. The van der Waals surface area contributed by atoms with Crippen LogP contribution in [0.5, 0.6) is 0 Å². The fourth-order valence-electron chi connectivity index (χ4n) is 4.45. The normalized spacial score (nSPS) is 13.0. The van der Waals surface area contributed by atoms with E-state index in [0.29, 0.717) is 0 Å². The highest BCUT2D eigenvalue weighted by molar-refractivity contribution is 4.81. The van der Waals surface area contributed by atoms with Crippen LogP contribution in [-0.4, -0.2) is 25.0 Å². The Bertz CT molecular complexity index is 333. The van der Waals surface area contributed by atoms with E-state index in [1.165, 1.54) is 141 Å². The Morgan fingerprint density at radius 3 is 1.20 bits per heavy atom. The molecule has 0 saturated carbocycles. The van der Waals surface area contributed by atoms with Gasteiger partial charge in [-0.2, -0.15) is 0 Å². The molecule has 0 heterocycles. The van der Waals surface area contributed by atoms with Gasteiger partial charge in [0.15, 0.2) is 0 Å². The van der Waals surface area contributed by atoms with Gasteiger partial charge in [0.1, 0.15) is 0 Å². The fraction of sp³-hybridized carbons (Fsp3) is 0.931. The van der Waals surface area contributed by atoms with Crippen molar-refractivity contribution in [1.29, 1.82) is 0 Å². The van der Waals surface area contributed by atoms with E-state index in [9.17, 15) is 0 Å². The molecule has 1 nitrogen and oxygen atoms in total. The van der Waals surface area contributed by atoms with Crippen molar-refractivity contribution < 1.29 is 0 Å². The average molecular weight is 422 g/mol. The van der Waals surface area contributed by atoms with Crippen molar-refractivity contribution >= 4 is 0 Å². The van der Waals surface area contributed by atoms with Crippen molar-refractivity contribution in [3.63, 3.8) is 0 Å². The molecular weight excluding hydrogens is 362 g/mol. The smallest absolute Gasteiger partial charge is 0.00891 e. The molecule has 0 spiro atoms. The van der Waals surface area contributed by atoms with E-state index in [1.807, 2.05) is 0 Å². The van der Waals surface area contributed by atoms with E-state index in [2.05, 4.69) is 45.0 Å². The Kier molecular flexibility index (Phi) is 24.7. The molecule has 0 aliphatic rings. The Labute approximate surface area is 192 Å². The SMILES string of the molecule is CCCCCC/C=C\CCCCCCCCCC(CCCCCCCCC)N(C)C. The minimum absolute atomic E-state index is 0.814. The van der Waals surface area contributed by atoms with Crippen molar-refractivity contribution in [3.8, 4) is 0 Å². The summed E-state index contributed by atoms with van der Waals surface area (Å²) in [7, 11) is 4.57. The highest BCUT2D eigenvalue weighted by atomic mass is 15.1. The van der Waals surface area contributed by atoms with Crippen LogP contribution in [0, 0.1) is 0 Å². The van der Waals surface area contributed by atoms with Gasteiger partial charge in [-0.3, -0.25) is 0 Å². The lowest BCUT2D eigenvalue weighted by Crippen LogP contribution is -2.27. The number of hydrogen-bond donors (Lipinski definition) is 0. The Balaban J connectivity index is 3.43. The minimum atomic E-state index is 0.814. The maximum absolute atomic E-state index is 2.48. The standard InChI is InChI=1S/C29H59N/c1-5-7-9-11-13-14-15-16-17-18-19-20-22-24-26-28-29(30(3)4)27-25-23-21-12-10-8-6-2/h14-15,29H,5-13,16-28H2,1-4H3/b15-14-. The van der Waals surface area contributed by atoms with Gasteiger partial charge in [0.25, 0.3) is 0 Å². The number of unbranched alkanes of at least 4 members (excludes halogenated alkanes) is 17. The van der Waals surface area contributed by atoms with Gasteiger partial charge in [-0.1, -0.05) is 129 Å². The van der Waals surface area contributed by atoms with E-state index in [4.69, 9.17) is 0 Å². The first kappa shape index (κ1) is 29.7. The Morgan fingerprint density at radius 2 is 0.800 bits per heavy atom. The summed E-state index contributed by atoms with van der Waals surface area (Å²) in [5, 5.41) is 0. The summed E-state index contributed by atoms with van der Waals surface area (Å²) in [5.41, 5.74) is 0. The van der Waals surface area contributed by atoms with Crippen LogP contribution in [0.4, 0.5) is 0 Å². The van der Waals surface area contributed by atoms with Crippen LogP contribution in [0.3, 0.4) is 0 Å². The molecule has 0 saturated heterocycles. The molecule has 0 N–H and O–H groups in total. The molecule has 0 aromatic heterocycles. The van der Waals surface area contributed by atoms with Gasteiger partial charge in [0, 0.05) is 6.04 Å². The van der Waals surface area contributed by atoms with Crippen LogP contribution in [0.15, 0.2) is 12.2 Å². The second-order valence-corrected chi connectivity index (χ2v) is 9.90. The predicted molar refractivity (Wildman–Crippen MR) is 140 cm³/mol. The van der Waals surface area contributed by atoms with Crippen molar-refractivity contribution in [3.05, 3.63) is 12.2 Å². The molecule has 1 heteroatoms.